The molecule has 1 heterocycles. The van der Waals surface area contributed by atoms with Crippen LogP contribution in [0.4, 0.5) is 4.79 Å². The molecule has 1 aliphatic rings. The first-order chi connectivity index (χ1) is 13.4. The van der Waals surface area contributed by atoms with Gasteiger partial charge < -0.3 is 18.9 Å². The Hall–Kier alpha value is -2.04. The largest absolute Gasteiger partial charge is 0.490 e. The summed E-state index contributed by atoms with van der Waals surface area (Å²) in [4.78, 5) is 37.3. The number of hydrogen-bond acceptors (Lipinski definition) is 8. The van der Waals surface area contributed by atoms with Gasteiger partial charge in [-0.05, 0) is 42.5 Å². The van der Waals surface area contributed by atoms with Gasteiger partial charge in [0.05, 0.1) is 31.8 Å². The number of amides is 2. The van der Waals surface area contributed by atoms with Crippen LogP contribution in [0.3, 0.4) is 0 Å². The summed E-state index contributed by atoms with van der Waals surface area (Å²) in [6, 6.07) is 3.30. The van der Waals surface area contributed by atoms with Crippen molar-refractivity contribution < 1.29 is 33.3 Å². The van der Waals surface area contributed by atoms with Crippen molar-refractivity contribution in [2.45, 2.75) is 6.92 Å². The van der Waals surface area contributed by atoms with Gasteiger partial charge in [0.25, 0.3) is 11.1 Å². The van der Waals surface area contributed by atoms with Gasteiger partial charge in [0.1, 0.15) is 0 Å². The summed E-state index contributed by atoms with van der Waals surface area (Å²) in [6.45, 7) is 2.40. The number of nitrogens with zero attached hydrogens (tertiary/aromatic N) is 1. The number of carbonyl (C=O) groups is 3. The molecule has 0 atom stereocenters. The molecule has 28 heavy (non-hydrogen) atoms. The summed E-state index contributed by atoms with van der Waals surface area (Å²) in [7, 11) is 2.78. The lowest BCUT2D eigenvalue weighted by Gasteiger charge is -2.13. The molecule has 1 aliphatic heterocycles. The Bertz CT molecular complexity index is 796. The van der Waals surface area contributed by atoms with Crippen LogP contribution in [-0.4, -0.2) is 62.6 Å². The molecule has 0 N–H and O–H groups in total. The number of benzene rings is 1. The number of ether oxygens (including phenoxy) is 4. The van der Waals surface area contributed by atoms with E-state index in [0.29, 0.717) is 33.0 Å². The summed E-state index contributed by atoms with van der Waals surface area (Å²) >= 11 is 4.29. The lowest BCUT2D eigenvalue weighted by atomic mass is 10.2. The normalized spacial score (nSPS) is 15.3. The van der Waals surface area contributed by atoms with Crippen molar-refractivity contribution in [1.29, 1.82) is 0 Å². The highest BCUT2D eigenvalue weighted by Crippen LogP contribution is 2.38. The zero-order valence-electron chi connectivity index (χ0n) is 15.7. The summed E-state index contributed by atoms with van der Waals surface area (Å²) in [6.07, 6.45) is 1.61. The molecule has 1 aromatic rings. The van der Waals surface area contributed by atoms with Crippen LogP contribution in [0.5, 0.6) is 11.5 Å². The Balaban J connectivity index is 2.29. The highest BCUT2D eigenvalue weighted by Gasteiger charge is 2.34. The fraction of sp³-hybridized carbons (Fsp3) is 0.389. The number of thioether (sulfide) groups is 1. The zero-order valence-corrected chi connectivity index (χ0v) is 18.1. The average molecular weight is 474 g/mol. The van der Waals surface area contributed by atoms with Gasteiger partial charge in [-0.3, -0.25) is 14.5 Å². The maximum Gasteiger partial charge on any atom is 0.343 e. The van der Waals surface area contributed by atoms with E-state index in [-0.39, 0.29) is 30.9 Å². The van der Waals surface area contributed by atoms with Gasteiger partial charge in [0.2, 0.25) is 0 Å². The number of methoxy groups -OCH3 is 2. The molecule has 1 fully saturated rings. The predicted octanol–water partition coefficient (Wildman–Crippen LogP) is 3.08. The Morgan fingerprint density at radius 2 is 1.93 bits per heavy atom. The minimum atomic E-state index is -0.521. The van der Waals surface area contributed by atoms with Gasteiger partial charge in [0, 0.05) is 11.6 Å². The van der Waals surface area contributed by atoms with Gasteiger partial charge in [-0.25, -0.2) is 4.79 Å². The van der Waals surface area contributed by atoms with Crippen LogP contribution in [-0.2, 0) is 19.1 Å². The second-order valence-corrected chi connectivity index (χ2v) is 7.29. The third kappa shape index (κ3) is 5.49. The van der Waals surface area contributed by atoms with Gasteiger partial charge in [-0.1, -0.05) is 15.9 Å². The van der Waals surface area contributed by atoms with Crippen molar-refractivity contribution in [3.8, 4) is 11.5 Å². The zero-order chi connectivity index (χ0) is 20.7. The topological polar surface area (TPSA) is 91.4 Å². The number of imide groups is 1. The minimum Gasteiger partial charge on any atom is -0.490 e. The molecule has 0 bridgehead atoms. The van der Waals surface area contributed by atoms with Crippen molar-refractivity contribution in [3.05, 3.63) is 27.1 Å². The lowest BCUT2D eigenvalue weighted by Crippen LogP contribution is -2.31. The summed E-state index contributed by atoms with van der Waals surface area (Å²) in [5, 5.41) is -0.340. The van der Waals surface area contributed by atoms with Crippen molar-refractivity contribution in [3.63, 3.8) is 0 Å². The van der Waals surface area contributed by atoms with Crippen molar-refractivity contribution in [1.82, 2.24) is 4.90 Å². The van der Waals surface area contributed by atoms with Crippen LogP contribution in [0.2, 0.25) is 0 Å². The quantitative estimate of drug-likeness (QED) is 0.399. The number of esters is 1. The first-order valence-corrected chi connectivity index (χ1v) is 9.92. The van der Waals surface area contributed by atoms with Gasteiger partial charge >= 0.3 is 5.97 Å². The van der Waals surface area contributed by atoms with Crippen LogP contribution in [0.15, 0.2) is 21.5 Å². The fourth-order valence-electron chi connectivity index (χ4n) is 2.25. The number of hydrogen-bond donors (Lipinski definition) is 0. The minimum absolute atomic E-state index is 0.199. The molecule has 2 rings (SSSR count). The van der Waals surface area contributed by atoms with Crippen LogP contribution in [0.1, 0.15) is 12.5 Å². The molecular formula is C18H20BrNO7S. The summed E-state index contributed by atoms with van der Waals surface area (Å²) < 4.78 is 21.1. The van der Waals surface area contributed by atoms with Crippen LogP contribution < -0.4 is 9.47 Å². The highest BCUT2D eigenvalue weighted by molar-refractivity contribution is 9.10. The van der Waals surface area contributed by atoms with E-state index < -0.39 is 5.97 Å². The van der Waals surface area contributed by atoms with E-state index in [0.717, 1.165) is 16.7 Å². The van der Waals surface area contributed by atoms with Gasteiger partial charge in [-0.2, -0.15) is 0 Å². The molecular weight excluding hydrogens is 454 g/mol. The molecule has 0 unspecified atom stereocenters. The molecule has 0 spiro atoms. The maximum atomic E-state index is 12.5. The molecule has 0 aliphatic carbocycles. The number of rotatable bonds is 9. The number of halogens is 1. The Kier molecular flexibility index (Phi) is 8.34. The molecule has 152 valence electrons. The molecule has 2 amide bonds. The molecule has 1 aromatic carbocycles. The van der Waals surface area contributed by atoms with Crippen LogP contribution >= 0.6 is 27.7 Å². The molecule has 8 nitrogen and oxygen atoms in total. The average Bonchev–Trinajstić information content (AvgIpc) is 2.94. The third-order valence-electron chi connectivity index (χ3n) is 3.62. The third-order valence-corrected chi connectivity index (χ3v) is 5.21. The predicted molar refractivity (Wildman–Crippen MR) is 107 cm³/mol. The van der Waals surface area contributed by atoms with E-state index in [2.05, 4.69) is 20.7 Å². The van der Waals surface area contributed by atoms with Crippen LogP contribution in [0.25, 0.3) is 6.08 Å². The smallest absolute Gasteiger partial charge is 0.343 e. The lowest BCUT2D eigenvalue weighted by molar-refractivity contribution is -0.142. The van der Waals surface area contributed by atoms with Crippen molar-refractivity contribution in [2.24, 2.45) is 0 Å². The fourth-order valence-corrected chi connectivity index (χ4v) is 3.55. The first kappa shape index (κ1) is 22.3. The standard InChI is InChI=1S/C18H20BrNO7S/c1-4-26-13-7-11(12(19)9-14(13)27-10-16(21)25-3)8-15-17(22)20(5-6-24-2)18(23)28-15/h7-9H,4-6,10H2,1-3H3/b15-8+. The highest BCUT2D eigenvalue weighted by atomic mass is 79.9. The van der Waals surface area contributed by atoms with E-state index in [9.17, 15) is 14.4 Å². The Morgan fingerprint density at radius 3 is 2.57 bits per heavy atom. The number of carbonyl (C=O) groups excluding carboxylic acids is 3. The van der Waals surface area contributed by atoms with E-state index >= 15 is 0 Å². The second-order valence-electron chi connectivity index (χ2n) is 5.44. The van der Waals surface area contributed by atoms with E-state index in [1.807, 2.05) is 6.92 Å². The van der Waals surface area contributed by atoms with E-state index in [1.165, 1.54) is 14.2 Å². The second kappa shape index (κ2) is 10.5. The van der Waals surface area contributed by atoms with Gasteiger partial charge in [0.15, 0.2) is 18.1 Å². The Morgan fingerprint density at radius 1 is 1.21 bits per heavy atom. The monoisotopic (exact) mass is 473 g/mol. The van der Waals surface area contributed by atoms with Crippen molar-refractivity contribution in [2.75, 3.05) is 40.6 Å². The molecule has 10 heteroatoms. The summed E-state index contributed by atoms with van der Waals surface area (Å²) in [5.41, 5.74) is 0.631. The van der Waals surface area contributed by atoms with Crippen LogP contribution in [0, 0.1) is 0 Å². The summed E-state index contributed by atoms with van der Waals surface area (Å²) in [5.74, 6) is -0.140. The maximum absolute atomic E-state index is 12.5. The van der Waals surface area contributed by atoms with Crippen molar-refractivity contribution >= 4 is 50.9 Å². The molecule has 0 saturated carbocycles. The van der Waals surface area contributed by atoms with E-state index in [1.54, 1.807) is 18.2 Å². The van der Waals surface area contributed by atoms with E-state index in [4.69, 9.17) is 14.2 Å². The molecule has 0 radical (unpaired) electrons. The Labute approximate surface area is 175 Å². The molecule has 0 aromatic heterocycles. The molecule has 1 saturated heterocycles. The first-order valence-electron chi connectivity index (χ1n) is 8.31. The SMILES string of the molecule is CCOc1cc(/C=C2/SC(=O)N(CCOC)C2=O)c(Br)cc1OCC(=O)OC. The van der Waals surface area contributed by atoms with Gasteiger partial charge in [-0.15, -0.1) is 0 Å².